The first-order valence-corrected chi connectivity index (χ1v) is 5.80. The number of hydrogen-bond acceptors (Lipinski definition) is 2. The van der Waals surface area contributed by atoms with Crippen LogP contribution in [0.15, 0.2) is 21.1 Å². The summed E-state index contributed by atoms with van der Waals surface area (Å²) in [5.41, 5.74) is -1.45. The number of allylic oxidation sites excluding steroid dienone is 2. The standard InChI is InChI=1S/C10H12Br2O2/c1-9(2,3)10(14)4-6(11)8(13)7(12)5-10/h4-5,14H,1-3H3. The van der Waals surface area contributed by atoms with E-state index in [9.17, 15) is 9.90 Å². The summed E-state index contributed by atoms with van der Waals surface area (Å²) in [6.45, 7) is 5.74. The fourth-order valence-electron chi connectivity index (χ4n) is 1.11. The highest BCUT2D eigenvalue weighted by Crippen LogP contribution is 2.39. The molecule has 0 spiro atoms. The third-order valence-electron chi connectivity index (χ3n) is 2.33. The molecule has 78 valence electrons. The van der Waals surface area contributed by atoms with Crippen LogP contribution in [-0.4, -0.2) is 16.5 Å². The van der Waals surface area contributed by atoms with Crippen LogP contribution >= 0.6 is 31.9 Å². The van der Waals surface area contributed by atoms with Crippen molar-refractivity contribution in [2.24, 2.45) is 5.41 Å². The van der Waals surface area contributed by atoms with Crippen LogP contribution in [-0.2, 0) is 4.79 Å². The Balaban J connectivity index is 3.23. The van der Waals surface area contributed by atoms with Gasteiger partial charge in [-0.25, -0.2) is 0 Å². The molecular weight excluding hydrogens is 312 g/mol. The number of carbonyl (C=O) groups is 1. The van der Waals surface area contributed by atoms with Gasteiger partial charge >= 0.3 is 0 Å². The number of ketones is 1. The second-order valence-electron chi connectivity index (χ2n) is 4.39. The summed E-state index contributed by atoms with van der Waals surface area (Å²) in [4.78, 5) is 11.4. The number of carbonyl (C=O) groups excluding carboxylic acids is 1. The lowest BCUT2D eigenvalue weighted by Gasteiger charge is -2.37. The van der Waals surface area contributed by atoms with Gasteiger partial charge in [0.15, 0.2) is 0 Å². The van der Waals surface area contributed by atoms with Crippen LogP contribution in [0.3, 0.4) is 0 Å². The SMILES string of the molecule is CC(C)(C)C1(O)C=C(Br)C(=O)C(Br)=C1. The van der Waals surface area contributed by atoms with E-state index in [4.69, 9.17) is 0 Å². The maximum atomic E-state index is 11.4. The Morgan fingerprint density at radius 2 is 1.57 bits per heavy atom. The minimum Gasteiger partial charge on any atom is -0.381 e. The number of halogens is 2. The molecule has 0 radical (unpaired) electrons. The first kappa shape index (κ1) is 12.1. The van der Waals surface area contributed by atoms with Crippen molar-refractivity contribution in [3.63, 3.8) is 0 Å². The van der Waals surface area contributed by atoms with Crippen molar-refractivity contribution in [3.05, 3.63) is 21.1 Å². The van der Waals surface area contributed by atoms with E-state index in [0.29, 0.717) is 8.96 Å². The molecule has 2 nitrogen and oxygen atoms in total. The molecule has 4 heteroatoms. The van der Waals surface area contributed by atoms with Crippen LogP contribution in [0.2, 0.25) is 0 Å². The average molecular weight is 324 g/mol. The van der Waals surface area contributed by atoms with Crippen molar-refractivity contribution in [2.75, 3.05) is 0 Å². The molecule has 0 aliphatic heterocycles. The van der Waals surface area contributed by atoms with Gasteiger partial charge in [0.05, 0.1) is 8.96 Å². The third kappa shape index (κ3) is 2.02. The van der Waals surface area contributed by atoms with E-state index in [-0.39, 0.29) is 11.2 Å². The molecule has 0 fully saturated rings. The first-order valence-electron chi connectivity index (χ1n) is 4.21. The van der Waals surface area contributed by atoms with Crippen molar-refractivity contribution < 1.29 is 9.90 Å². The zero-order chi connectivity index (χ0) is 11.1. The predicted molar refractivity (Wildman–Crippen MR) is 63.4 cm³/mol. The summed E-state index contributed by atoms with van der Waals surface area (Å²) in [6, 6.07) is 0. The van der Waals surface area contributed by atoms with E-state index < -0.39 is 5.60 Å². The van der Waals surface area contributed by atoms with E-state index in [1.165, 1.54) is 0 Å². The second-order valence-corrected chi connectivity index (χ2v) is 6.10. The lowest BCUT2D eigenvalue weighted by molar-refractivity contribution is -0.111. The normalized spacial score (nSPS) is 21.7. The van der Waals surface area contributed by atoms with E-state index in [1.54, 1.807) is 12.2 Å². The van der Waals surface area contributed by atoms with Gasteiger partial charge in [0.1, 0.15) is 5.60 Å². The fourth-order valence-corrected chi connectivity index (χ4v) is 2.50. The zero-order valence-corrected chi connectivity index (χ0v) is 11.4. The third-order valence-corrected chi connectivity index (χ3v) is 3.51. The maximum absolute atomic E-state index is 11.4. The Labute approximate surface area is 100 Å². The van der Waals surface area contributed by atoms with Crippen LogP contribution in [0.5, 0.6) is 0 Å². The molecule has 0 aromatic heterocycles. The second kappa shape index (κ2) is 3.58. The molecule has 0 unspecified atom stereocenters. The number of aliphatic hydroxyl groups is 1. The average Bonchev–Trinajstić information content (AvgIpc) is 1.98. The highest BCUT2D eigenvalue weighted by molar-refractivity contribution is 9.13. The van der Waals surface area contributed by atoms with Crippen molar-refractivity contribution in [1.29, 1.82) is 0 Å². The van der Waals surface area contributed by atoms with Gasteiger partial charge in [-0.15, -0.1) is 0 Å². The van der Waals surface area contributed by atoms with Crippen molar-refractivity contribution in [3.8, 4) is 0 Å². The molecule has 1 aliphatic carbocycles. The Morgan fingerprint density at radius 1 is 1.21 bits per heavy atom. The van der Waals surface area contributed by atoms with Gasteiger partial charge in [0.25, 0.3) is 0 Å². The van der Waals surface area contributed by atoms with Gasteiger partial charge in [-0.3, -0.25) is 4.79 Å². The molecular formula is C10H12Br2O2. The molecule has 1 aliphatic rings. The van der Waals surface area contributed by atoms with E-state index in [1.807, 2.05) is 20.8 Å². The Bertz CT molecular complexity index is 313. The quantitative estimate of drug-likeness (QED) is 0.744. The van der Waals surface area contributed by atoms with Crippen LogP contribution in [0.25, 0.3) is 0 Å². The van der Waals surface area contributed by atoms with Crippen molar-refractivity contribution >= 4 is 37.6 Å². The van der Waals surface area contributed by atoms with Crippen molar-refractivity contribution in [2.45, 2.75) is 26.4 Å². The Kier molecular flexibility index (Phi) is 3.10. The largest absolute Gasteiger partial charge is 0.381 e. The lowest BCUT2D eigenvalue weighted by Crippen LogP contribution is -2.41. The minimum atomic E-state index is -1.10. The maximum Gasteiger partial charge on any atom is 0.206 e. The molecule has 0 aromatic rings. The molecule has 1 N–H and O–H groups in total. The molecule has 0 saturated carbocycles. The number of Topliss-reactive ketones (excluding diaryl/α,β-unsaturated/α-hetero) is 1. The summed E-state index contributed by atoms with van der Waals surface area (Å²) in [5, 5.41) is 10.3. The van der Waals surface area contributed by atoms with Gasteiger partial charge in [0.2, 0.25) is 5.78 Å². The molecule has 0 atom stereocenters. The van der Waals surface area contributed by atoms with E-state index in [0.717, 1.165) is 0 Å². The molecule has 14 heavy (non-hydrogen) atoms. The van der Waals surface area contributed by atoms with Crippen LogP contribution in [0, 0.1) is 5.41 Å². The number of hydrogen-bond donors (Lipinski definition) is 1. The lowest BCUT2D eigenvalue weighted by atomic mass is 9.74. The van der Waals surface area contributed by atoms with Crippen LogP contribution < -0.4 is 0 Å². The summed E-state index contributed by atoms with van der Waals surface area (Å²) in [7, 11) is 0. The van der Waals surface area contributed by atoms with Gasteiger partial charge in [-0.05, 0) is 49.4 Å². The fraction of sp³-hybridized carbons (Fsp3) is 0.500. The summed E-state index contributed by atoms with van der Waals surface area (Å²) in [6.07, 6.45) is 3.08. The Morgan fingerprint density at radius 3 is 1.86 bits per heavy atom. The monoisotopic (exact) mass is 322 g/mol. The van der Waals surface area contributed by atoms with Gasteiger partial charge in [-0.2, -0.15) is 0 Å². The van der Waals surface area contributed by atoms with Gasteiger partial charge in [-0.1, -0.05) is 20.8 Å². The van der Waals surface area contributed by atoms with E-state index >= 15 is 0 Å². The summed E-state index contributed by atoms with van der Waals surface area (Å²) < 4.78 is 0.786. The molecule has 0 heterocycles. The van der Waals surface area contributed by atoms with Gasteiger partial charge < -0.3 is 5.11 Å². The molecule has 0 saturated heterocycles. The Hall–Kier alpha value is 0.0700. The predicted octanol–water partition coefficient (Wildman–Crippen LogP) is 2.90. The highest BCUT2D eigenvalue weighted by Gasteiger charge is 2.40. The smallest absolute Gasteiger partial charge is 0.206 e. The zero-order valence-electron chi connectivity index (χ0n) is 8.27. The van der Waals surface area contributed by atoms with Crippen LogP contribution in [0.1, 0.15) is 20.8 Å². The highest BCUT2D eigenvalue weighted by atomic mass is 79.9. The molecule has 1 rings (SSSR count). The molecule has 0 aromatic carbocycles. The van der Waals surface area contributed by atoms with E-state index in [2.05, 4.69) is 31.9 Å². The first-order chi connectivity index (χ1) is 6.17. The topological polar surface area (TPSA) is 37.3 Å². The molecule has 0 bridgehead atoms. The minimum absolute atomic E-state index is 0.140. The van der Waals surface area contributed by atoms with Crippen LogP contribution in [0.4, 0.5) is 0 Å². The van der Waals surface area contributed by atoms with Gasteiger partial charge in [0, 0.05) is 0 Å². The summed E-state index contributed by atoms with van der Waals surface area (Å²) in [5.74, 6) is -0.140. The molecule has 0 amide bonds. The van der Waals surface area contributed by atoms with Crippen molar-refractivity contribution in [1.82, 2.24) is 0 Å². The summed E-state index contributed by atoms with van der Waals surface area (Å²) >= 11 is 6.29. The number of rotatable bonds is 0.